The second-order valence-corrected chi connectivity index (χ2v) is 6.19. The van der Waals surface area contributed by atoms with Crippen molar-refractivity contribution < 1.29 is 4.74 Å². The van der Waals surface area contributed by atoms with Crippen LogP contribution in [0, 0.1) is 6.92 Å². The van der Waals surface area contributed by atoms with Gasteiger partial charge in [-0.2, -0.15) is 0 Å². The topological polar surface area (TPSA) is 53.2 Å². The Morgan fingerprint density at radius 1 is 1.00 bits per heavy atom. The lowest BCUT2D eigenvalue weighted by atomic mass is 10.1. The van der Waals surface area contributed by atoms with E-state index in [2.05, 4.69) is 0 Å². The van der Waals surface area contributed by atoms with Gasteiger partial charge in [-0.15, -0.1) is 0 Å². The maximum atomic E-state index is 12.9. The summed E-state index contributed by atoms with van der Waals surface area (Å²) < 4.78 is 8.17. The van der Waals surface area contributed by atoms with E-state index in [0.29, 0.717) is 17.4 Å². The fourth-order valence-electron chi connectivity index (χ4n) is 3.03. The Morgan fingerprint density at radius 2 is 1.72 bits per heavy atom. The number of hydrogen-bond donors (Lipinski definition) is 0. The first kappa shape index (κ1) is 17.0. The molecule has 0 spiro atoms. The molecule has 0 amide bonds. The molecule has 1 heterocycles. The van der Waals surface area contributed by atoms with Crippen LogP contribution in [-0.2, 0) is 13.1 Å². The number of methoxy groups -OCH3 is 1. The number of ether oxygens (including phenoxy) is 1. The number of benzene rings is 2. The zero-order valence-corrected chi connectivity index (χ0v) is 14.8. The van der Waals surface area contributed by atoms with Crippen molar-refractivity contribution in [2.75, 3.05) is 7.11 Å². The molecule has 2 aromatic carbocycles. The quantitative estimate of drug-likeness (QED) is 0.719. The van der Waals surface area contributed by atoms with Crippen LogP contribution in [0.4, 0.5) is 0 Å². The van der Waals surface area contributed by atoms with Crippen molar-refractivity contribution in [2.24, 2.45) is 0 Å². The maximum absolute atomic E-state index is 12.9. The van der Waals surface area contributed by atoms with E-state index >= 15 is 0 Å². The summed E-state index contributed by atoms with van der Waals surface area (Å²) in [5.74, 6) is 0.744. The van der Waals surface area contributed by atoms with Gasteiger partial charge < -0.3 is 4.74 Å². The van der Waals surface area contributed by atoms with Crippen LogP contribution in [0.2, 0.25) is 0 Å². The van der Waals surface area contributed by atoms with E-state index in [1.54, 1.807) is 11.7 Å². The van der Waals surface area contributed by atoms with Crippen molar-refractivity contribution in [1.29, 1.82) is 0 Å². The summed E-state index contributed by atoms with van der Waals surface area (Å²) in [5, 5.41) is 0.585. The van der Waals surface area contributed by atoms with Crippen molar-refractivity contribution in [3.05, 3.63) is 74.4 Å². The second kappa shape index (κ2) is 6.97. The summed E-state index contributed by atoms with van der Waals surface area (Å²) in [7, 11) is 1.61. The highest BCUT2D eigenvalue weighted by atomic mass is 16.5. The van der Waals surface area contributed by atoms with Crippen LogP contribution in [0.1, 0.15) is 24.5 Å². The first-order chi connectivity index (χ1) is 12.0. The first-order valence-corrected chi connectivity index (χ1v) is 8.42. The van der Waals surface area contributed by atoms with Gasteiger partial charge in [0.25, 0.3) is 5.56 Å². The number of rotatable bonds is 5. The van der Waals surface area contributed by atoms with Crippen molar-refractivity contribution in [2.45, 2.75) is 33.4 Å². The summed E-state index contributed by atoms with van der Waals surface area (Å²) in [5.41, 5.74) is 2.08. The first-order valence-electron chi connectivity index (χ1n) is 8.42. The fraction of sp³-hybridized carbons (Fsp3) is 0.300. The van der Waals surface area contributed by atoms with Crippen LogP contribution in [-0.4, -0.2) is 16.2 Å². The van der Waals surface area contributed by atoms with Gasteiger partial charge in [-0.3, -0.25) is 13.9 Å². The van der Waals surface area contributed by atoms with Gasteiger partial charge in [0, 0.05) is 6.54 Å². The van der Waals surface area contributed by atoms with Crippen LogP contribution in [0.3, 0.4) is 0 Å². The summed E-state index contributed by atoms with van der Waals surface area (Å²) >= 11 is 0. The Morgan fingerprint density at radius 3 is 2.36 bits per heavy atom. The molecule has 25 heavy (non-hydrogen) atoms. The summed E-state index contributed by atoms with van der Waals surface area (Å²) in [6, 6.07) is 13.0. The average Bonchev–Trinajstić information content (AvgIpc) is 2.63. The summed E-state index contributed by atoms with van der Waals surface area (Å²) in [4.78, 5) is 25.8. The smallest absolute Gasteiger partial charge is 0.331 e. The molecule has 0 atom stereocenters. The van der Waals surface area contributed by atoms with E-state index in [9.17, 15) is 9.59 Å². The number of hydrogen-bond acceptors (Lipinski definition) is 3. The van der Waals surface area contributed by atoms with Crippen molar-refractivity contribution in [1.82, 2.24) is 9.13 Å². The van der Waals surface area contributed by atoms with Gasteiger partial charge in [-0.25, -0.2) is 4.79 Å². The second-order valence-electron chi connectivity index (χ2n) is 6.19. The van der Waals surface area contributed by atoms with Gasteiger partial charge in [0.2, 0.25) is 0 Å². The third-order valence-electron chi connectivity index (χ3n) is 4.33. The molecule has 130 valence electrons. The van der Waals surface area contributed by atoms with Crippen molar-refractivity contribution >= 4 is 10.9 Å². The molecule has 0 N–H and O–H groups in total. The molecule has 0 fully saturated rings. The number of nitrogens with zero attached hydrogens (tertiary/aromatic N) is 2. The number of aromatic nitrogens is 2. The largest absolute Gasteiger partial charge is 0.497 e. The Labute approximate surface area is 146 Å². The summed E-state index contributed by atoms with van der Waals surface area (Å²) in [6.07, 6.45) is 0.823. The molecule has 3 aromatic rings. The zero-order chi connectivity index (χ0) is 18.0. The highest BCUT2D eigenvalue weighted by Gasteiger charge is 2.13. The SMILES string of the molecule is CCCn1c(=O)n(Cc2ccc(OC)cc2)c(=O)c2cc(C)ccc21. The normalized spacial score (nSPS) is 11.0. The molecule has 0 aliphatic heterocycles. The maximum Gasteiger partial charge on any atom is 0.331 e. The molecule has 0 bridgehead atoms. The minimum Gasteiger partial charge on any atom is -0.497 e. The monoisotopic (exact) mass is 338 g/mol. The molecule has 5 nitrogen and oxygen atoms in total. The zero-order valence-electron chi connectivity index (χ0n) is 14.8. The van der Waals surface area contributed by atoms with E-state index in [1.807, 2.05) is 56.3 Å². The van der Waals surface area contributed by atoms with Gasteiger partial charge in [-0.05, 0) is 43.2 Å². The standard InChI is InChI=1S/C20H22N2O3/c1-4-11-21-18-10-5-14(2)12-17(18)19(23)22(20(21)24)13-15-6-8-16(25-3)9-7-15/h5-10,12H,4,11,13H2,1-3H3. The lowest BCUT2D eigenvalue weighted by Crippen LogP contribution is -2.40. The van der Waals surface area contributed by atoms with Gasteiger partial charge >= 0.3 is 5.69 Å². The van der Waals surface area contributed by atoms with Crippen LogP contribution in [0.15, 0.2) is 52.1 Å². The molecule has 0 aliphatic rings. The number of fused-ring (bicyclic) bond motifs is 1. The molecular weight excluding hydrogens is 316 g/mol. The Hall–Kier alpha value is -2.82. The summed E-state index contributed by atoms with van der Waals surface area (Å²) in [6.45, 7) is 4.80. The van der Waals surface area contributed by atoms with Crippen LogP contribution >= 0.6 is 0 Å². The Bertz CT molecular complexity index is 1010. The molecule has 0 saturated heterocycles. The Kier molecular flexibility index (Phi) is 4.74. The van der Waals surface area contributed by atoms with Crippen molar-refractivity contribution in [3.8, 4) is 5.75 Å². The van der Waals surface area contributed by atoms with E-state index in [0.717, 1.165) is 23.3 Å². The average molecular weight is 338 g/mol. The lowest BCUT2D eigenvalue weighted by molar-refractivity contribution is 0.414. The van der Waals surface area contributed by atoms with E-state index in [1.165, 1.54) is 4.57 Å². The third kappa shape index (κ3) is 3.22. The molecule has 0 saturated carbocycles. The molecule has 3 rings (SSSR count). The fourth-order valence-corrected chi connectivity index (χ4v) is 3.03. The predicted molar refractivity (Wildman–Crippen MR) is 99.6 cm³/mol. The van der Waals surface area contributed by atoms with Gasteiger partial charge in [0.05, 0.1) is 24.6 Å². The van der Waals surface area contributed by atoms with Gasteiger partial charge in [-0.1, -0.05) is 30.7 Å². The lowest BCUT2D eigenvalue weighted by Gasteiger charge is -2.14. The highest BCUT2D eigenvalue weighted by Crippen LogP contribution is 2.14. The Balaban J connectivity index is 2.19. The van der Waals surface area contributed by atoms with Crippen LogP contribution in [0.5, 0.6) is 5.75 Å². The molecule has 0 unspecified atom stereocenters. The van der Waals surface area contributed by atoms with E-state index < -0.39 is 0 Å². The van der Waals surface area contributed by atoms with E-state index in [4.69, 9.17) is 4.74 Å². The molecule has 5 heteroatoms. The molecule has 1 aromatic heterocycles. The minimum atomic E-state index is -0.265. The number of aryl methyl sites for hydroxylation is 2. The van der Waals surface area contributed by atoms with Crippen molar-refractivity contribution in [3.63, 3.8) is 0 Å². The van der Waals surface area contributed by atoms with E-state index in [-0.39, 0.29) is 17.8 Å². The van der Waals surface area contributed by atoms with Crippen LogP contribution in [0.25, 0.3) is 10.9 Å². The molecule has 0 radical (unpaired) electrons. The predicted octanol–water partition coefficient (Wildman–Crippen LogP) is 2.94. The van der Waals surface area contributed by atoms with Gasteiger partial charge in [0.15, 0.2) is 0 Å². The van der Waals surface area contributed by atoms with Gasteiger partial charge in [0.1, 0.15) is 5.75 Å². The van der Waals surface area contributed by atoms with Crippen LogP contribution < -0.4 is 16.0 Å². The molecule has 0 aliphatic carbocycles. The minimum absolute atomic E-state index is 0.244. The third-order valence-corrected chi connectivity index (χ3v) is 4.33. The highest BCUT2D eigenvalue weighted by molar-refractivity contribution is 5.78. The molecular formula is C20H22N2O3.